The van der Waals surface area contributed by atoms with Crippen LogP contribution in [-0.4, -0.2) is 5.11 Å². The van der Waals surface area contributed by atoms with Gasteiger partial charge in [-0.05, 0) is 34.5 Å². The molecule has 0 fully saturated rings. The fourth-order valence-corrected chi connectivity index (χ4v) is 1.22. The van der Waals surface area contributed by atoms with Crippen molar-refractivity contribution in [3.63, 3.8) is 0 Å². The minimum Gasteiger partial charge on any atom is -0.505 e. The summed E-state index contributed by atoms with van der Waals surface area (Å²) in [4.78, 5) is 0. The lowest BCUT2D eigenvalue weighted by atomic mass is 10.2. The normalized spacial score (nSPS) is 10.2. The van der Waals surface area contributed by atoms with Crippen molar-refractivity contribution in [2.45, 2.75) is 6.92 Å². The molecule has 1 nitrogen and oxygen atoms in total. The van der Waals surface area contributed by atoms with Crippen LogP contribution in [-0.2, 0) is 0 Å². The summed E-state index contributed by atoms with van der Waals surface area (Å²) in [6.07, 6.45) is 0. The standard InChI is InChI=1S/C7H5BrF2O/c1-3-2-4(8)5(9)6(10)7(3)11/h2,11H,1H3. The molecule has 11 heavy (non-hydrogen) atoms. The summed E-state index contributed by atoms with van der Waals surface area (Å²) in [5.74, 6) is -2.91. The molecular weight excluding hydrogens is 218 g/mol. The first-order valence-electron chi connectivity index (χ1n) is 2.87. The topological polar surface area (TPSA) is 20.2 Å². The number of phenolic OH excluding ortho intramolecular Hbond substituents is 1. The number of aromatic hydroxyl groups is 1. The Morgan fingerprint density at radius 2 is 1.91 bits per heavy atom. The largest absolute Gasteiger partial charge is 0.505 e. The summed E-state index contributed by atoms with van der Waals surface area (Å²) < 4.78 is 25.2. The average Bonchev–Trinajstić information content (AvgIpc) is 1.97. The number of benzene rings is 1. The first-order chi connectivity index (χ1) is 5.04. The Bertz CT molecular complexity index is 273. The first kappa shape index (κ1) is 8.46. The van der Waals surface area contributed by atoms with E-state index < -0.39 is 17.4 Å². The Balaban J connectivity index is 3.46. The number of halogens is 3. The van der Waals surface area contributed by atoms with Crippen LogP contribution < -0.4 is 0 Å². The number of hydrogen-bond acceptors (Lipinski definition) is 1. The maximum atomic E-state index is 12.6. The summed E-state index contributed by atoms with van der Waals surface area (Å²) in [6, 6.07) is 1.31. The van der Waals surface area contributed by atoms with E-state index in [1.54, 1.807) is 0 Å². The zero-order valence-electron chi connectivity index (χ0n) is 5.66. The molecule has 60 valence electrons. The summed E-state index contributed by atoms with van der Waals surface area (Å²) in [6.45, 7) is 1.49. The van der Waals surface area contributed by atoms with Gasteiger partial charge in [0.2, 0.25) is 5.82 Å². The highest BCUT2D eigenvalue weighted by Crippen LogP contribution is 2.28. The predicted molar refractivity (Wildman–Crippen MR) is 40.5 cm³/mol. The Labute approximate surface area is 70.8 Å². The quantitative estimate of drug-likeness (QED) is 0.670. The molecule has 1 aromatic rings. The number of aryl methyl sites for hydroxylation is 1. The van der Waals surface area contributed by atoms with Crippen LogP contribution in [0.1, 0.15) is 5.56 Å². The van der Waals surface area contributed by atoms with Crippen LogP contribution >= 0.6 is 15.9 Å². The molecule has 0 aliphatic carbocycles. The summed E-state index contributed by atoms with van der Waals surface area (Å²) >= 11 is 2.80. The van der Waals surface area contributed by atoms with Crippen LogP contribution in [0.3, 0.4) is 0 Å². The van der Waals surface area contributed by atoms with E-state index in [0.717, 1.165) is 0 Å². The lowest BCUT2D eigenvalue weighted by molar-refractivity contribution is 0.402. The van der Waals surface area contributed by atoms with Gasteiger partial charge < -0.3 is 5.11 Å². The first-order valence-corrected chi connectivity index (χ1v) is 3.66. The molecule has 0 saturated heterocycles. The molecule has 0 heterocycles. The summed E-state index contributed by atoms with van der Waals surface area (Å²) in [7, 11) is 0. The number of hydrogen-bond donors (Lipinski definition) is 1. The molecule has 0 aliphatic heterocycles. The van der Waals surface area contributed by atoms with E-state index >= 15 is 0 Å². The van der Waals surface area contributed by atoms with Crippen molar-refractivity contribution in [3.8, 4) is 5.75 Å². The molecule has 1 rings (SSSR count). The predicted octanol–water partition coefficient (Wildman–Crippen LogP) is 2.74. The van der Waals surface area contributed by atoms with Gasteiger partial charge in [-0.15, -0.1) is 0 Å². The van der Waals surface area contributed by atoms with Crippen molar-refractivity contribution in [2.75, 3.05) is 0 Å². The van der Waals surface area contributed by atoms with E-state index in [4.69, 9.17) is 5.11 Å². The minimum absolute atomic E-state index is 0.0188. The van der Waals surface area contributed by atoms with E-state index in [2.05, 4.69) is 15.9 Å². The van der Waals surface area contributed by atoms with Crippen LogP contribution in [0.15, 0.2) is 10.5 Å². The van der Waals surface area contributed by atoms with Gasteiger partial charge in [0.1, 0.15) is 0 Å². The molecule has 1 aromatic carbocycles. The molecule has 0 atom stereocenters. The van der Waals surface area contributed by atoms with Crippen molar-refractivity contribution in [1.82, 2.24) is 0 Å². The molecule has 1 N–H and O–H groups in total. The Morgan fingerprint density at radius 3 is 2.45 bits per heavy atom. The van der Waals surface area contributed by atoms with Gasteiger partial charge in [0, 0.05) is 0 Å². The Morgan fingerprint density at radius 1 is 1.36 bits per heavy atom. The van der Waals surface area contributed by atoms with Crippen molar-refractivity contribution < 1.29 is 13.9 Å². The number of phenols is 1. The van der Waals surface area contributed by atoms with E-state index in [-0.39, 0.29) is 4.47 Å². The average molecular weight is 223 g/mol. The van der Waals surface area contributed by atoms with Crippen LogP contribution in [0.2, 0.25) is 0 Å². The molecule has 0 amide bonds. The van der Waals surface area contributed by atoms with Crippen LogP contribution in [0.4, 0.5) is 8.78 Å². The van der Waals surface area contributed by atoms with Gasteiger partial charge in [-0.2, -0.15) is 4.39 Å². The molecule has 0 spiro atoms. The Hall–Kier alpha value is -0.640. The van der Waals surface area contributed by atoms with Gasteiger partial charge in [0.05, 0.1) is 4.47 Å². The van der Waals surface area contributed by atoms with Crippen molar-refractivity contribution in [1.29, 1.82) is 0 Å². The summed E-state index contributed by atoms with van der Waals surface area (Å²) in [5, 5.41) is 8.88. The van der Waals surface area contributed by atoms with Crippen molar-refractivity contribution in [2.24, 2.45) is 0 Å². The van der Waals surface area contributed by atoms with Gasteiger partial charge in [-0.1, -0.05) is 0 Å². The second-order valence-electron chi connectivity index (χ2n) is 2.15. The van der Waals surface area contributed by atoms with E-state index in [0.29, 0.717) is 5.56 Å². The van der Waals surface area contributed by atoms with Gasteiger partial charge in [-0.3, -0.25) is 0 Å². The van der Waals surface area contributed by atoms with Gasteiger partial charge >= 0.3 is 0 Å². The zero-order valence-corrected chi connectivity index (χ0v) is 7.24. The lowest BCUT2D eigenvalue weighted by Gasteiger charge is -2.02. The molecule has 0 radical (unpaired) electrons. The van der Waals surface area contributed by atoms with Gasteiger partial charge in [0.25, 0.3) is 0 Å². The van der Waals surface area contributed by atoms with E-state index in [1.165, 1.54) is 13.0 Å². The fourth-order valence-electron chi connectivity index (χ4n) is 0.704. The molecule has 4 heteroatoms. The van der Waals surface area contributed by atoms with Crippen LogP contribution in [0.5, 0.6) is 5.75 Å². The minimum atomic E-state index is -1.21. The maximum absolute atomic E-state index is 12.6. The monoisotopic (exact) mass is 222 g/mol. The molecule has 0 unspecified atom stereocenters. The Kier molecular flexibility index (Phi) is 2.13. The van der Waals surface area contributed by atoms with E-state index in [1.807, 2.05) is 0 Å². The highest BCUT2D eigenvalue weighted by Gasteiger charge is 2.13. The molecular formula is C7H5BrF2O. The highest BCUT2D eigenvalue weighted by molar-refractivity contribution is 9.10. The van der Waals surface area contributed by atoms with Gasteiger partial charge in [0.15, 0.2) is 11.6 Å². The van der Waals surface area contributed by atoms with Gasteiger partial charge in [-0.25, -0.2) is 4.39 Å². The van der Waals surface area contributed by atoms with E-state index in [9.17, 15) is 8.78 Å². The second-order valence-corrected chi connectivity index (χ2v) is 3.01. The summed E-state index contributed by atoms with van der Waals surface area (Å²) in [5.41, 5.74) is 0.302. The van der Waals surface area contributed by atoms with Crippen molar-refractivity contribution >= 4 is 15.9 Å². The highest BCUT2D eigenvalue weighted by atomic mass is 79.9. The zero-order chi connectivity index (χ0) is 8.59. The third-order valence-corrected chi connectivity index (χ3v) is 1.90. The third-order valence-electron chi connectivity index (χ3n) is 1.33. The molecule has 0 aliphatic rings. The van der Waals surface area contributed by atoms with Crippen molar-refractivity contribution in [3.05, 3.63) is 27.7 Å². The number of rotatable bonds is 0. The maximum Gasteiger partial charge on any atom is 0.201 e. The second kappa shape index (κ2) is 2.77. The smallest absolute Gasteiger partial charge is 0.201 e. The fraction of sp³-hybridized carbons (Fsp3) is 0.143. The lowest BCUT2D eigenvalue weighted by Crippen LogP contribution is -1.88. The van der Waals surface area contributed by atoms with Crippen LogP contribution in [0, 0.1) is 18.6 Å². The van der Waals surface area contributed by atoms with Crippen LogP contribution in [0.25, 0.3) is 0 Å². The molecule has 0 aromatic heterocycles. The molecule has 0 saturated carbocycles. The molecule has 0 bridgehead atoms. The SMILES string of the molecule is Cc1cc(Br)c(F)c(F)c1O. The third kappa shape index (κ3) is 1.35.